The normalized spacial score (nSPS) is 12.2. The van der Waals surface area contributed by atoms with Gasteiger partial charge in [-0.25, -0.2) is 8.42 Å². The molecular weight excluding hydrogens is 362 g/mol. The summed E-state index contributed by atoms with van der Waals surface area (Å²) in [5, 5.41) is 1.66. The molecule has 8 heteroatoms. The Bertz CT molecular complexity index is 866. The molecule has 0 radical (unpaired) electrons. The third-order valence-electron chi connectivity index (χ3n) is 3.29. The first-order valence-electron chi connectivity index (χ1n) is 7.20. The van der Waals surface area contributed by atoms with Gasteiger partial charge in [0.05, 0.1) is 0 Å². The standard InChI is InChI=1S/C17H17NO5S2/c1-24-17(18-11-19)16(20)12-8-9-15(25(2,21)22)14(10-12)23-13-6-4-3-5-7-13/h3-11,17H,1-2H3,(H,18,19). The maximum Gasteiger partial charge on any atom is 0.208 e. The van der Waals surface area contributed by atoms with E-state index in [2.05, 4.69) is 5.32 Å². The first-order chi connectivity index (χ1) is 11.9. The Balaban J connectivity index is 2.47. The van der Waals surface area contributed by atoms with E-state index in [-0.39, 0.29) is 22.0 Å². The van der Waals surface area contributed by atoms with Crippen LogP contribution in [0.2, 0.25) is 0 Å². The van der Waals surface area contributed by atoms with E-state index in [0.717, 1.165) is 6.26 Å². The predicted molar refractivity (Wildman–Crippen MR) is 96.9 cm³/mol. The van der Waals surface area contributed by atoms with Crippen molar-refractivity contribution >= 4 is 33.8 Å². The van der Waals surface area contributed by atoms with Crippen LogP contribution in [-0.4, -0.2) is 38.5 Å². The molecule has 0 saturated heterocycles. The van der Waals surface area contributed by atoms with Crippen molar-refractivity contribution in [3.8, 4) is 11.5 Å². The summed E-state index contributed by atoms with van der Waals surface area (Å²) in [5.74, 6) is 0.160. The van der Waals surface area contributed by atoms with Gasteiger partial charge in [0, 0.05) is 11.8 Å². The van der Waals surface area contributed by atoms with Gasteiger partial charge in [-0.15, -0.1) is 11.8 Å². The molecule has 0 aliphatic rings. The second-order valence-electron chi connectivity index (χ2n) is 5.11. The number of sulfone groups is 1. The van der Waals surface area contributed by atoms with Gasteiger partial charge >= 0.3 is 0 Å². The molecule has 1 unspecified atom stereocenters. The fourth-order valence-corrected chi connectivity index (χ4v) is 3.45. The first-order valence-corrected chi connectivity index (χ1v) is 10.4. The van der Waals surface area contributed by atoms with Gasteiger partial charge in [0.15, 0.2) is 15.6 Å². The lowest BCUT2D eigenvalue weighted by atomic mass is 10.1. The van der Waals surface area contributed by atoms with Gasteiger partial charge in [0.1, 0.15) is 21.8 Å². The van der Waals surface area contributed by atoms with Crippen molar-refractivity contribution in [1.82, 2.24) is 5.32 Å². The number of nitrogens with one attached hydrogen (secondary N) is 1. The number of hydrogen-bond acceptors (Lipinski definition) is 6. The van der Waals surface area contributed by atoms with Crippen molar-refractivity contribution in [3.05, 3.63) is 54.1 Å². The molecular formula is C17H17NO5S2. The van der Waals surface area contributed by atoms with E-state index in [9.17, 15) is 18.0 Å². The number of ketones is 1. The molecule has 132 valence electrons. The lowest BCUT2D eigenvalue weighted by Gasteiger charge is -2.15. The van der Waals surface area contributed by atoms with Crippen molar-refractivity contribution in [1.29, 1.82) is 0 Å². The summed E-state index contributed by atoms with van der Waals surface area (Å²) in [6, 6.07) is 12.8. The van der Waals surface area contributed by atoms with Gasteiger partial charge in [-0.2, -0.15) is 0 Å². The summed E-state index contributed by atoms with van der Waals surface area (Å²) in [5.41, 5.74) is 0.243. The number of carbonyl (C=O) groups is 2. The van der Waals surface area contributed by atoms with Gasteiger partial charge < -0.3 is 10.1 Å². The number of amides is 1. The van der Waals surface area contributed by atoms with Crippen molar-refractivity contribution < 1.29 is 22.7 Å². The average Bonchev–Trinajstić information content (AvgIpc) is 2.59. The van der Waals surface area contributed by atoms with Crippen molar-refractivity contribution in [2.24, 2.45) is 0 Å². The third-order valence-corrected chi connectivity index (χ3v) is 5.25. The fraction of sp³-hybridized carbons (Fsp3) is 0.176. The molecule has 2 aromatic rings. The Kier molecular flexibility index (Phi) is 6.22. The summed E-state index contributed by atoms with van der Waals surface area (Å²) in [7, 11) is -3.55. The molecule has 0 saturated carbocycles. The summed E-state index contributed by atoms with van der Waals surface area (Å²) in [6.07, 6.45) is 3.21. The smallest absolute Gasteiger partial charge is 0.208 e. The van der Waals surface area contributed by atoms with E-state index in [1.54, 1.807) is 36.6 Å². The number of hydrogen-bond donors (Lipinski definition) is 1. The summed E-state index contributed by atoms with van der Waals surface area (Å²) < 4.78 is 29.7. The van der Waals surface area contributed by atoms with Gasteiger partial charge in [0.2, 0.25) is 6.41 Å². The lowest BCUT2D eigenvalue weighted by Crippen LogP contribution is -2.32. The number of ether oxygens (including phenoxy) is 1. The predicted octanol–water partition coefficient (Wildman–Crippen LogP) is 2.50. The SMILES string of the molecule is CSC(NC=O)C(=O)c1ccc(S(C)(=O)=O)c(Oc2ccccc2)c1. The van der Waals surface area contributed by atoms with Gasteiger partial charge in [-0.3, -0.25) is 9.59 Å². The topological polar surface area (TPSA) is 89.5 Å². The minimum Gasteiger partial charge on any atom is -0.456 e. The number of rotatable bonds is 8. The number of thioether (sulfide) groups is 1. The molecule has 0 aliphatic heterocycles. The zero-order valence-electron chi connectivity index (χ0n) is 13.6. The molecule has 1 N–H and O–H groups in total. The molecule has 0 spiro atoms. The van der Waals surface area contributed by atoms with Crippen LogP contribution in [0, 0.1) is 0 Å². The molecule has 0 heterocycles. The summed E-state index contributed by atoms with van der Waals surface area (Å²) in [4.78, 5) is 23.1. The average molecular weight is 379 g/mol. The molecule has 25 heavy (non-hydrogen) atoms. The third kappa shape index (κ3) is 4.83. The van der Waals surface area contributed by atoms with Gasteiger partial charge in [0.25, 0.3) is 0 Å². The number of carbonyl (C=O) groups excluding carboxylic acids is 2. The van der Waals surface area contributed by atoms with Crippen LogP contribution < -0.4 is 10.1 Å². The quantitative estimate of drug-likeness (QED) is 0.431. The van der Waals surface area contributed by atoms with Gasteiger partial charge in [-0.1, -0.05) is 18.2 Å². The molecule has 2 rings (SSSR count). The number of para-hydroxylation sites is 1. The van der Waals surface area contributed by atoms with Crippen LogP contribution in [0.5, 0.6) is 11.5 Å². The molecule has 0 fully saturated rings. The molecule has 0 aliphatic carbocycles. The molecule has 0 bridgehead atoms. The first kappa shape index (κ1) is 19.0. The van der Waals surface area contributed by atoms with E-state index in [4.69, 9.17) is 4.74 Å². The lowest BCUT2D eigenvalue weighted by molar-refractivity contribution is -0.109. The molecule has 1 amide bonds. The van der Waals surface area contributed by atoms with E-state index >= 15 is 0 Å². The molecule has 2 aromatic carbocycles. The second-order valence-corrected chi connectivity index (χ2v) is 8.04. The van der Waals surface area contributed by atoms with Crippen LogP contribution >= 0.6 is 11.8 Å². The highest BCUT2D eigenvalue weighted by atomic mass is 32.2. The van der Waals surface area contributed by atoms with Gasteiger partial charge in [-0.05, 0) is 36.6 Å². The minimum atomic E-state index is -3.55. The van der Waals surface area contributed by atoms with Crippen molar-refractivity contribution in [2.75, 3.05) is 12.5 Å². The Hall–Kier alpha value is -2.32. The Labute approximate surface area is 150 Å². The monoisotopic (exact) mass is 379 g/mol. The van der Waals surface area contributed by atoms with Crippen LogP contribution in [0.15, 0.2) is 53.4 Å². The highest BCUT2D eigenvalue weighted by Gasteiger charge is 2.22. The highest BCUT2D eigenvalue weighted by molar-refractivity contribution is 7.99. The van der Waals surface area contributed by atoms with E-state index < -0.39 is 15.2 Å². The van der Waals surface area contributed by atoms with Crippen LogP contribution in [0.25, 0.3) is 0 Å². The number of benzene rings is 2. The van der Waals surface area contributed by atoms with Crippen LogP contribution in [0.4, 0.5) is 0 Å². The minimum absolute atomic E-state index is 0.0167. The van der Waals surface area contributed by atoms with E-state index in [1.165, 1.54) is 30.0 Å². The fourth-order valence-electron chi connectivity index (χ4n) is 2.13. The molecule has 1 atom stereocenters. The van der Waals surface area contributed by atoms with Crippen molar-refractivity contribution in [3.63, 3.8) is 0 Å². The maximum absolute atomic E-state index is 12.5. The molecule has 6 nitrogen and oxygen atoms in total. The van der Waals surface area contributed by atoms with Crippen LogP contribution in [-0.2, 0) is 14.6 Å². The Morgan fingerprint density at radius 2 is 1.88 bits per heavy atom. The van der Waals surface area contributed by atoms with Crippen LogP contribution in [0.1, 0.15) is 10.4 Å². The highest BCUT2D eigenvalue weighted by Crippen LogP contribution is 2.30. The maximum atomic E-state index is 12.5. The van der Waals surface area contributed by atoms with E-state index in [0.29, 0.717) is 12.2 Å². The second kappa shape index (κ2) is 8.17. The van der Waals surface area contributed by atoms with Crippen molar-refractivity contribution in [2.45, 2.75) is 10.3 Å². The van der Waals surface area contributed by atoms with E-state index in [1.807, 2.05) is 0 Å². The zero-order chi connectivity index (χ0) is 18.4. The zero-order valence-corrected chi connectivity index (χ0v) is 15.3. The Morgan fingerprint density at radius 1 is 1.20 bits per heavy atom. The largest absolute Gasteiger partial charge is 0.456 e. The molecule has 0 aromatic heterocycles. The summed E-state index contributed by atoms with van der Waals surface area (Å²) in [6.45, 7) is 0. The summed E-state index contributed by atoms with van der Waals surface area (Å²) >= 11 is 1.17. The Morgan fingerprint density at radius 3 is 2.44 bits per heavy atom. The number of Topliss-reactive ketones (excluding diaryl/α,β-unsaturated/α-hetero) is 1. The van der Waals surface area contributed by atoms with Crippen LogP contribution in [0.3, 0.4) is 0 Å².